The Bertz CT molecular complexity index is 340. The monoisotopic (exact) mass is 284 g/mol. The van der Waals surface area contributed by atoms with Crippen molar-refractivity contribution in [2.75, 3.05) is 20.3 Å². The van der Waals surface area contributed by atoms with Gasteiger partial charge < -0.3 is 15.4 Å². The Morgan fingerprint density at radius 2 is 2.11 bits per heavy atom. The van der Waals surface area contributed by atoms with Gasteiger partial charge in [0.15, 0.2) is 5.11 Å². The van der Waals surface area contributed by atoms with Crippen LogP contribution in [0.1, 0.15) is 46.5 Å². The first kappa shape index (κ1) is 15.0. The zero-order chi connectivity index (χ0) is 14.1. The molecule has 19 heavy (non-hydrogen) atoms. The van der Waals surface area contributed by atoms with Crippen molar-refractivity contribution in [2.24, 2.45) is 16.7 Å². The topological polar surface area (TPSA) is 33.3 Å². The summed E-state index contributed by atoms with van der Waals surface area (Å²) >= 11 is 5.45. The van der Waals surface area contributed by atoms with E-state index in [9.17, 15) is 0 Å². The molecule has 2 fully saturated rings. The minimum absolute atomic E-state index is 0.352. The van der Waals surface area contributed by atoms with Crippen LogP contribution in [0.2, 0.25) is 0 Å². The van der Waals surface area contributed by atoms with Crippen LogP contribution in [0.4, 0.5) is 0 Å². The van der Waals surface area contributed by atoms with Crippen LogP contribution < -0.4 is 10.6 Å². The fraction of sp³-hybridized carbons (Fsp3) is 0.933. The maximum Gasteiger partial charge on any atom is 0.166 e. The van der Waals surface area contributed by atoms with Crippen LogP contribution in [-0.2, 0) is 4.74 Å². The van der Waals surface area contributed by atoms with Crippen LogP contribution in [0.25, 0.3) is 0 Å². The van der Waals surface area contributed by atoms with Gasteiger partial charge in [-0.05, 0) is 54.6 Å². The molecular weight excluding hydrogens is 256 g/mol. The fourth-order valence-electron chi connectivity index (χ4n) is 4.26. The Morgan fingerprint density at radius 1 is 1.37 bits per heavy atom. The molecule has 2 bridgehead atoms. The minimum Gasteiger partial charge on any atom is -0.385 e. The molecule has 0 radical (unpaired) electrons. The van der Waals surface area contributed by atoms with Crippen molar-refractivity contribution in [1.29, 1.82) is 0 Å². The van der Waals surface area contributed by atoms with Crippen LogP contribution in [0.3, 0.4) is 0 Å². The number of hydrogen-bond acceptors (Lipinski definition) is 2. The van der Waals surface area contributed by atoms with Gasteiger partial charge in [0.2, 0.25) is 0 Å². The average molecular weight is 284 g/mol. The lowest BCUT2D eigenvalue weighted by molar-refractivity contribution is 0.125. The summed E-state index contributed by atoms with van der Waals surface area (Å²) < 4.78 is 5.04. The van der Waals surface area contributed by atoms with Crippen molar-refractivity contribution in [3.63, 3.8) is 0 Å². The summed E-state index contributed by atoms with van der Waals surface area (Å²) in [7, 11) is 1.73. The van der Waals surface area contributed by atoms with E-state index in [4.69, 9.17) is 17.0 Å². The molecule has 110 valence electrons. The summed E-state index contributed by atoms with van der Waals surface area (Å²) in [6.07, 6.45) is 5.07. The van der Waals surface area contributed by atoms with E-state index in [-0.39, 0.29) is 0 Å². The third-order valence-electron chi connectivity index (χ3n) is 5.36. The van der Waals surface area contributed by atoms with Gasteiger partial charge in [-0.1, -0.05) is 20.8 Å². The molecule has 0 aliphatic heterocycles. The molecule has 0 heterocycles. The Hall–Kier alpha value is -0.350. The van der Waals surface area contributed by atoms with Crippen molar-refractivity contribution in [3.8, 4) is 0 Å². The molecule has 0 aromatic rings. The number of hydrogen-bond donors (Lipinski definition) is 2. The summed E-state index contributed by atoms with van der Waals surface area (Å²) in [6.45, 7) is 8.88. The zero-order valence-electron chi connectivity index (χ0n) is 12.7. The Morgan fingerprint density at radius 3 is 2.68 bits per heavy atom. The first-order chi connectivity index (χ1) is 8.90. The van der Waals surface area contributed by atoms with E-state index in [1.54, 1.807) is 7.11 Å². The first-order valence-electron chi connectivity index (χ1n) is 7.43. The lowest BCUT2D eigenvalue weighted by Gasteiger charge is -2.43. The Balaban J connectivity index is 1.86. The highest BCUT2D eigenvalue weighted by atomic mass is 32.1. The number of fused-ring (bicyclic) bond motifs is 2. The molecular formula is C15H28N2OS. The summed E-state index contributed by atoms with van der Waals surface area (Å²) in [4.78, 5) is 0. The van der Waals surface area contributed by atoms with E-state index in [1.165, 1.54) is 19.3 Å². The smallest absolute Gasteiger partial charge is 0.166 e. The predicted molar refractivity (Wildman–Crippen MR) is 83.2 cm³/mol. The lowest BCUT2D eigenvalue weighted by Crippen LogP contribution is -2.54. The Labute approximate surface area is 122 Å². The molecule has 2 aliphatic rings. The number of methoxy groups -OCH3 is 1. The largest absolute Gasteiger partial charge is 0.385 e. The minimum atomic E-state index is 0.352. The second-order valence-electron chi connectivity index (χ2n) is 7.09. The van der Waals surface area contributed by atoms with E-state index < -0.39 is 0 Å². The molecule has 3 nitrogen and oxygen atoms in total. The Kier molecular flexibility index (Phi) is 4.41. The number of ether oxygens (including phenoxy) is 1. The molecule has 2 aliphatic carbocycles. The third kappa shape index (κ3) is 2.89. The maximum atomic E-state index is 5.45. The van der Waals surface area contributed by atoms with Gasteiger partial charge in [0.1, 0.15) is 0 Å². The molecule has 0 amide bonds. The number of rotatable bonds is 5. The van der Waals surface area contributed by atoms with Crippen molar-refractivity contribution in [1.82, 2.24) is 10.6 Å². The van der Waals surface area contributed by atoms with Crippen molar-refractivity contribution >= 4 is 17.3 Å². The normalized spacial score (nSPS) is 35.4. The van der Waals surface area contributed by atoms with E-state index in [1.807, 2.05) is 0 Å². The average Bonchev–Trinajstić information content (AvgIpc) is 2.82. The van der Waals surface area contributed by atoms with Gasteiger partial charge in [0.05, 0.1) is 0 Å². The van der Waals surface area contributed by atoms with Gasteiger partial charge in [0, 0.05) is 26.3 Å². The third-order valence-corrected chi connectivity index (χ3v) is 5.62. The number of nitrogens with one attached hydrogen (secondary N) is 2. The van der Waals surface area contributed by atoms with Crippen LogP contribution in [0.15, 0.2) is 0 Å². The highest BCUT2D eigenvalue weighted by molar-refractivity contribution is 7.80. The molecule has 3 atom stereocenters. The van der Waals surface area contributed by atoms with Gasteiger partial charge in [-0.15, -0.1) is 0 Å². The molecule has 4 heteroatoms. The zero-order valence-corrected chi connectivity index (χ0v) is 13.5. The maximum absolute atomic E-state index is 5.45. The highest BCUT2D eigenvalue weighted by Crippen LogP contribution is 2.62. The van der Waals surface area contributed by atoms with Crippen LogP contribution in [0.5, 0.6) is 0 Å². The molecule has 2 rings (SSSR count). The lowest BCUT2D eigenvalue weighted by atomic mass is 9.68. The van der Waals surface area contributed by atoms with Crippen LogP contribution in [0, 0.1) is 16.7 Å². The molecule has 2 saturated carbocycles. The van der Waals surface area contributed by atoms with Crippen molar-refractivity contribution in [2.45, 2.75) is 52.5 Å². The summed E-state index contributed by atoms with van der Waals surface area (Å²) in [5.74, 6) is 0.853. The van der Waals surface area contributed by atoms with Crippen molar-refractivity contribution < 1.29 is 4.74 Å². The second kappa shape index (κ2) is 5.57. The molecule has 0 aromatic carbocycles. The van der Waals surface area contributed by atoms with E-state index in [2.05, 4.69) is 31.4 Å². The molecule has 0 saturated heterocycles. The van der Waals surface area contributed by atoms with Crippen molar-refractivity contribution in [3.05, 3.63) is 0 Å². The van der Waals surface area contributed by atoms with Crippen LogP contribution in [-0.4, -0.2) is 31.4 Å². The predicted octanol–water partition coefficient (Wildman–Crippen LogP) is 2.70. The summed E-state index contributed by atoms with van der Waals surface area (Å²) in [6, 6.07) is 0.501. The fourth-order valence-corrected chi connectivity index (χ4v) is 4.48. The van der Waals surface area contributed by atoms with Gasteiger partial charge >= 0.3 is 0 Å². The van der Waals surface area contributed by atoms with Gasteiger partial charge in [-0.2, -0.15) is 0 Å². The van der Waals surface area contributed by atoms with Gasteiger partial charge in [-0.3, -0.25) is 0 Å². The molecule has 3 unspecified atom stereocenters. The molecule has 0 spiro atoms. The summed E-state index contributed by atoms with van der Waals surface area (Å²) in [5.41, 5.74) is 0.776. The molecule has 2 N–H and O–H groups in total. The van der Waals surface area contributed by atoms with Gasteiger partial charge in [-0.25, -0.2) is 0 Å². The quantitative estimate of drug-likeness (QED) is 0.601. The van der Waals surface area contributed by atoms with E-state index >= 15 is 0 Å². The second-order valence-corrected chi connectivity index (χ2v) is 7.50. The van der Waals surface area contributed by atoms with E-state index in [0.29, 0.717) is 16.9 Å². The SMILES string of the molecule is COCCCNC(=S)NC1C2(C)CCC(C2)C1(C)C. The molecule has 0 aromatic heterocycles. The number of thiocarbonyl (C=S) groups is 1. The first-order valence-corrected chi connectivity index (χ1v) is 7.84. The summed E-state index contributed by atoms with van der Waals surface area (Å²) in [5, 5.41) is 7.70. The standard InChI is InChI=1S/C15H28N2OS/c1-14(2)11-6-7-15(3,10-11)12(14)17-13(19)16-8-5-9-18-4/h11-12H,5-10H2,1-4H3,(H2,16,17,19). The van der Waals surface area contributed by atoms with Crippen LogP contribution >= 0.6 is 12.2 Å². The van der Waals surface area contributed by atoms with E-state index in [0.717, 1.165) is 30.6 Å². The highest BCUT2D eigenvalue weighted by Gasteiger charge is 2.59. The van der Waals surface area contributed by atoms with Gasteiger partial charge in [0.25, 0.3) is 0 Å².